The van der Waals surface area contributed by atoms with Crippen molar-refractivity contribution in [2.75, 3.05) is 0 Å². The van der Waals surface area contributed by atoms with E-state index in [0.29, 0.717) is 5.69 Å². The first-order chi connectivity index (χ1) is 9.15. The van der Waals surface area contributed by atoms with Gasteiger partial charge in [-0.15, -0.1) is 0 Å². The first-order valence-electron chi connectivity index (χ1n) is 6.49. The normalized spacial score (nSPS) is 18.1. The van der Waals surface area contributed by atoms with Crippen LogP contribution in [-0.2, 0) is 13.5 Å². The molecule has 0 saturated heterocycles. The van der Waals surface area contributed by atoms with Gasteiger partial charge in [-0.05, 0) is 32.3 Å². The molecule has 0 saturated carbocycles. The SMILES string of the molecule is Cc1cc(C(=O)N[C@@H]2CCCc3c2cnn3C)n[nH]1. The van der Waals surface area contributed by atoms with Gasteiger partial charge >= 0.3 is 0 Å². The molecule has 0 spiro atoms. The number of nitrogens with one attached hydrogen (secondary N) is 2. The number of carbonyl (C=O) groups excluding carboxylic acids is 1. The Hall–Kier alpha value is -2.11. The number of hydrogen-bond donors (Lipinski definition) is 2. The minimum Gasteiger partial charge on any atom is -0.344 e. The number of fused-ring (bicyclic) bond motifs is 1. The van der Waals surface area contributed by atoms with Crippen molar-refractivity contribution in [2.24, 2.45) is 7.05 Å². The molecular weight excluding hydrogens is 242 g/mol. The fourth-order valence-electron chi connectivity index (χ4n) is 2.62. The zero-order valence-electron chi connectivity index (χ0n) is 11.1. The Balaban J connectivity index is 1.79. The van der Waals surface area contributed by atoms with Crippen LogP contribution in [0.2, 0.25) is 0 Å². The van der Waals surface area contributed by atoms with Crippen LogP contribution in [0.3, 0.4) is 0 Å². The molecule has 100 valence electrons. The summed E-state index contributed by atoms with van der Waals surface area (Å²) in [5.74, 6) is -0.133. The lowest BCUT2D eigenvalue weighted by Gasteiger charge is -2.23. The van der Waals surface area contributed by atoms with Gasteiger partial charge in [-0.2, -0.15) is 10.2 Å². The van der Waals surface area contributed by atoms with Crippen molar-refractivity contribution in [3.8, 4) is 0 Å². The van der Waals surface area contributed by atoms with Crippen LogP contribution in [0.4, 0.5) is 0 Å². The molecule has 6 nitrogen and oxygen atoms in total. The zero-order chi connectivity index (χ0) is 13.4. The van der Waals surface area contributed by atoms with Gasteiger partial charge in [0.1, 0.15) is 5.69 Å². The number of H-pyrrole nitrogens is 1. The van der Waals surface area contributed by atoms with Crippen LogP contribution in [0.25, 0.3) is 0 Å². The first-order valence-corrected chi connectivity index (χ1v) is 6.49. The summed E-state index contributed by atoms with van der Waals surface area (Å²) in [6.07, 6.45) is 4.90. The van der Waals surface area contributed by atoms with Crippen molar-refractivity contribution < 1.29 is 4.79 Å². The van der Waals surface area contributed by atoms with Crippen LogP contribution < -0.4 is 5.32 Å². The van der Waals surface area contributed by atoms with Crippen molar-refractivity contribution in [3.63, 3.8) is 0 Å². The van der Waals surface area contributed by atoms with Crippen molar-refractivity contribution in [1.29, 1.82) is 0 Å². The van der Waals surface area contributed by atoms with Crippen LogP contribution >= 0.6 is 0 Å². The Labute approximate surface area is 111 Å². The van der Waals surface area contributed by atoms with Crippen LogP contribution in [0.15, 0.2) is 12.3 Å². The maximum absolute atomic E-state index is 12.1. The summed E-state index contributed by atoms with van der Waals surface area (Å²) < 4.78 is 1.90. The lowest BCUT2D eigenvalue weighted by atomic mass is 9.93. The van der Waals surface area contributed by atoms with Crippen LogP contribution in [-0.4, -0.2) is 25.9 Å². The highest BCUT2D eigenvalue weighted by Crippen LogP contribution is 2.29. The molecule has 2 aromatic rings. The fraction of sp³-hybridized carbons (Fsp3) is 0.462. The first kappa shape index (κ1) is 12.0. The summed E-state index contributed by atoms with van der Waals surface area (Å²) in [4.78, 5) is 12.1. The van der Waals surface area contributed by atoms with Crippen LogP contribution in [0, 0.1) is 6.92 Å². The molecule has 1 aliphatic carbocycles. The number of aryl methyl sites for hydroxylation is 2. The molecule has 0 radical (unpaired) electrons. The zero-order valence-corrected chi connectivity index (χ0v) is 11.1. The smallest absolute Gasteiger partial charge is 0.272 e. The van der Waals surface area contributed by atoms with E-state index in [2.05, 4.69) is 20.6 Å². The Morgan fingerprint density at radius 1 is 1.58 bits per heavy atom. The third-order valence-electron chi connectivity index (χ3n) is 3.62. The monoisotopic (exact) mass is 259 g/mol. The van der Waals surface area contributed by atoms with Crippen molar-refractivity contribution in [2.45, 2.75) is 32.2 Å². The lowest BCUT2D eigenvalue weighted by Crippen LogP contribution is -2.31. The topological polar surface area (TPSA) is 75.6 Å². The number of nitrogens with zero attached hydrogens (tertiary/aromatic N) is 3. The Morgan fingerprint density at radius 2 is 2.42 bits per heavy atom. The molecular formula is C13H17N5O. The molecule has 2 N–H and O–H groups in total. The van der Waals surface area contributed by atoms with Crippen LogP contribution in [0.1, 0.15) is 46.3 Å². The predicted octanol–water partition coefficient (Wildman–Crippen LogP) is 1.26. The minimum absolute atomic E-state index is 0.0435. The number of amides is 1. The minimum atomic E-state index is -0.133. The molecule has 0 unspecified atom stereocenters. The van der Waals surface area contributed by atoms with E-state index in [1.165, 1.54) is 5.69 Å². The molecule has 0 bridgehead atoms. The summed E-state index contributed by atoms with van der Waals surface area (Å²) in [6.45, 7) is 1.88. The van der Waals surface area contributed by atoms with E-state index < -0.39 is 0 Å². The molecule has 1 atom stereocenters. The van der Waals surface area contributed by atoms with E-state index in [-0.39, 0.29) is 11.9 Å². The van der Waals surface area contributed by atoms with Gasteiger partial charge in [0.2, 0.25) is 0 Å². The summed E-state index contributed by atoms with van der Waals surface area (Å²) in [5, 5.41) is 14.1. The van der Waals surface area contributed by atoms with Crippen LogP contribution in [0.5, 0.6) is 0 Å². The Kier molecular flexibility index (Phi) is 2.85. The molecule has 19 heavy (non-hydrogen) atoms. The van der Waals surface area contributed by atoms with Gasteiger partial charge in [-0.3, -0.25) is 14.6 Å². The standard InChI is InChI=1S/C13H17N5O/c1-8-6-11(17-16-8)13(19)15-10-4-3-5-12-9(10)7-14-18(12)2/h6-7,10H,3-5H2,1-2H3,(H,15,19)(H,16,17)/t10-/m1/s1. The van der Waals surface area contributed by atoms with Crippen molar-refractivity contribution in [1.82, 2.24) is 25.3 Å². The number of carbonyl (C=O) groups is 1. The second-order valence-corrected chi connectivity index (χ2v) is 5.02. The highest BCUT2D eigenvalue weighted by atomic mass is 16.2. The van der Waals surface area contributed by atoms with Gasteiger partial charge in [0.05, 0.1) is 12.2 Å². The maximum atomic E-state index is 12.1. The van der Waals surface area contributed by atoms with Crippen molar-refractivity contribution >= 4 is 5.91 Å². The molecule has 3 rings (SSSR count). The van der Waals surface area contributed by atoms with E-state index in [1.54, 1.807) is 6.07 Å². The fourth-order valence-corrected chi connectivity index (χ4v) is 2.62. The van der Waals surface area contributed by atoms with Gasteiger partial charge in [0, 0.05) is 24.0 Å². The average molecular weight is 259 g/mol. The second kappa shape index (κ2) is 4.53. The molecule has 2 aromatic heterocycles. The van der Waals surface area contributed by atoms with Gasteiger partial charge < -0.3 is 5.32 Å². The predicted molar refractivity (Wildman–Crippen MR) is 69.7 cm³/mol. The van der Waals surface area contributed by atoms with E-state index >= 15 is 0 Å². The van der Waals surface area contributed by atoms with E-state index in [9.17, 15) is 4.79 Å². The highest BCUT2D eigenvalue weighted by Gasteiger charge is 2.25. The number of rotatable bonds is 2. The molecule has 1 aliphatic rings. The molecule has 0 aromatic carbocycles. The summed E-state index contributed by atoms with van der Waals surface area (Å²) in [7, 11) is 1.94. The van der Waals surface area contributed by atoms with E-state index in [4.69, 9.17) is 0 Å². The van der Waals surface area contributed by atoms with Gasteiger partial charge in [-0.25, -0.2) is 0 Å². The van der Waals surface area contributed by atoms with E-state index in [0.717, 1.165) is 30.5 Å². The van der Waals surface area contributed by atoms with Gasteiger partial charge in [0.15, 0.2) is 0 Å². The highest BCUT2D eigenvalue weighted by molar-refractivity contribution is 5.92. The third kappa shape index (κ3) is 2.14. The molecule has 0 fully saturated rings. The number of hydrogen-bond acceptors (Lipinski definition) is 3. The number of aromatic nitrogens is 4. The average Bonchev–Trinajstić information content (AvgIpc) is 2.98. The molecule has 6 heteroatoms. The number of aromatic amines is 1. The second-order valence-electron chi connectivity index (χ2n) is 5.02. The largest absolute Gasteiger partial charge is 0.344 e. The summed E-state index contributed by atoms with van der Waals surface area (Å²) in [5.41, 5.74) is 3.67. The Bertz CT molecular complexity index is 612. The van der Waals surface area contributed by atoms with E-state index in [1.807, 2.05) is 24.9 Å². The van der Waals surface area contributed by atoms with Gasteiger partial charge in [-0.1, -0.05) is 0 Å². The molecule has 0 aliphatic heterocycles. The maximum Gasteiger partial charge on any atom is 0.272 e. The summed E-state index contributed by atoms with van der Waals surface area (Å²) in [6, 6.07) is 1.80. The third-order valence-corrected chi connectivity index (χ3v) is 3.62. The lowest BCUT2D eigenvalue weighted by molar-refractivity contribution is 0.0927. The van der Waals surface area contributed by atoms with Crippen molar-refractivity contribution in [3.05, 3.63) is 34.9 Å². The quantitative estimate of drug-likeness (QED) is 0.852. The summed E-state index contributed by atoms with van der Waals surface area (Å²) >= 11 is 0. The molecule has 1 amide bonds. The van der Waals surface area contributed by atoms with Gasteiger partial charge in [0.25, 0.3) is 5.91 Å². The Morgan fingerprint density at radius 3 is 3.16 bits per heavy atom. The molecule has 2 heterocycles.